The molecule has 40 heavy (non-hydrogen) atoms. The monoisotopic (exact) mass is 541 g/mol. The molecule has 3 aromatic rings. The summed E-state index contributed by atoms with van der Waals surface area (Å²) in [5.41, 5.74) is 12.3. The second-order valence-electron chi connectivity index (χ2n) is 10.8. The van der Waals surface area contributed by atoms with E-state index in [-0.39, 0.29) is 23.7 Å². The Hall–Kier alpha value is -3.90. The van der Waals surface area contributed by atoms with Crippen LogP contribution < -0.4 is 16.4 Å². The van der Waals surface area contributed by atoms with Gasteiger partial charge in [-0.05, 0) is 70.2 Å². The summed E-state index contributed by atoms with van der Waals surface area (Å²) in [6, 6.07) is 19.7. The summed E-state index contributed by atoms with van der Waals surface area (Å²) >= 11 is 0. The van der Waals surface area contributed by atoms with Gasteiger partial charge < -0.3 is 21.5 Å². The summed E-state index contributed by atoms with van der Waals surface area (Å²) in [4.78, 5) is 24.4. The number of nitrogens with two attached hydrogens (primary N) is 1. The Balaban J connectivity index is 1.45. The number of aromatic hydroxyl groups is 1. The fraction of sp³-hybridized carbons (Fsp3) is 0.353. The summed E-state index contributed by atoms with van der Waals surface area (Å²) in [7, 11) is 0. The lowest BCUT2D eigenvalue weighted by molar-refractivity contribution is -0.121. The number of hydrogen-bond donors (Lipinski definition) is 4. The Morgan fingerprint density at radius 1 is 0.825 bits per heavy atom. The van der Waals surface area contributed by atoms with Gasteiger partial charge in [-0.2, -0.15) is 0 Å². The van der Waals surface area contributed by atoms with Gasteiger partial charge in [0.1, 0.15) is 5.75 Å². The van der Waals surface area contributed by atoms with Crippen molar-refractivity contribution in [2.75, 3.05) is 13.1 Å². The third-order valence-electron chi connectivity index (χ3n) is 6.88. The maximum Gasteiger partial charge on any atom is 0.251 e. The zero-order valence-electron chi connectivity index (χ0n) is 24.2. The molecular weight excluding hydrogens is 498 g/mol. The van der Waals surface area contributed by atoms with Gasteiger partial charge in [-0.25, -0.2) is 0 Å². The molecule has 0 heterocycles. The van der Waals surface area contributed by atoms with Crippen LogP contribution in [0.3, 0.4) is 0 Å². The van der Waals surface area contributed by atoms with Crippen molar-refractivity contribution >= 4 is 24.0 Å². The Bertz CT molecular complexity index is 1260. The van der Waals surface area contributed by atoms with Crippen molar-refractivity contribution in [3.63, 3.8) is 0 Å². The molecule has 212 valence electrons. The van der Waals surface area contributed by atoms with E-state index < -0.39 is 0 Å². The number of phenols is 1. The van der Waals surface area contributed by atoms with Crippen LogP contribution >= 0.6 is 0 Å². The normalized spacial score (nSPS) is 11.4. The van der Waals surface area contributed by atoms with Gasteiger partial charge in [0.25, 0.3) is 5.91 Å². The lowest BCUT2D eigenvalue weighted by Crippen LogP contribution is -2.28. The number of amides is 2. The predicted molar refractivity (Wildman–Crippen MR) is 164 cm³/mol. The van der Waals surface area contributed by atoms with E-state index in [9.17, 15) is 14.7 Å². The maximum atomic E-state index is 12.5. The van der Waals surface area contributed by atoms with E-state index in [1.54, 1.807) is 12.1 Å². The quantitative estimate of drug-likeness (QED) is 0.195. The number of rotatable bonds is 13. The van der Waals surface area contributed by atoms with Crippen molar-refractivity contribution in [1.82, 2.24) is 10.6 Å². The summed E-state index contributed by atoms with van der Waals surface area (Å²) in [6.45, 7) is 9.72. The lowest BCUT2D eigenvalue weighted by atomic mass is 9.90. The topological polar surface area (TPSA) is 104 Å². The standard InChI is InChI=1S/C34H43N3O3/c1-23(2)30-20-28(21-31(24(3)4)33(30)39)6-5-7-32(38)37-22-27-12-10-25(11-13-27)8-9-26-14-16-29(17-15-26)34(40)36-19-18-35/h8-17,20-21,23-24,39H,5-7,18-19,22,35H2,1-4H3,(H,36,40)(H,37,38). The number of nitrogens with one attached hydrogen (secondary N) is 2. The van der Waals surface area contributed by atoms with Gasteiger partial charge in [-0.15, -0.1) is 0 Å². The van der Waals surface area contributed by atoms with Crippen LogP contribution in [-0.4, -0.2) is 30.0 Å². The van der Waals surface area contributed by atoms with E-state index in [1.807, 2.05) is 48.6 Å². The van der Waals surface area contributed by atoms with Crippen molar-refractivity contribution in [1.29, 1.82) is 0 Å². The first-order valence-corrected chi connectivity index (χ1v) is 14.2. The van der Waals surface area contributed by atoms with Crippen LogP contribution in [0.5, 0.6) is 5.75 Å². The Labute approximate surface area is 238 Å². The highest BCUT2D eigenvalue weighted by atomic mass is 16.3. The molecule has 0 atom stereocenters. The molecule has 0 bridgehead atoms. The van der Waals surface area contributed by atoms with E-state index >= 15 is 0 Å². The third-order valence-corrected chi connectivity index (χ3v) is 6.88. The fourth-order valence-electron chi connectivity index (χ4n) is 4.48. The largest absolute Gasteiger partial charge is 0.507 e. The summed E-state index contributed by atoms with van der Waals surface area (Å²) in [5.74, 6) is 0.815. The van der Waals surface area contributed by atoms with Crippen molar-refractivity contribution in [2.45, 2.75) is 65.3 Å². The van der Waals surface area contributed by atoms with Crippen molar-refractivity contribution in [3.8, 4) is 5.75 Å². The molecule has 2 amide bonds. The molecule has 0 aliphatic heterocycles. The minimum absolute atomic E-state index is 0.0380. The second kappa shape index (κ2) is 15.0. The van der Waals surface area contributed by atoms with Crippen LogP contribution in [-0.2, 0) is 17.8 Å². The first-order valence-electron chi connectivity index (χ1n) is 14.2. The molecule has 0 aliphatic rings. The number of carbonyl (C=O) groups is 2. The SMILES string of the molecule is CC(C)c1cc(CCCC(=O)NCc2ccc(C=Cc3ccc(C(=O)NCCN)cc3)cc2)cc(C(C)C)c1O. The molecule has 0 fully saturated rings. The average Bonchev–Trinajstić information content (AvgIpc) is 2.94. The Morgan fingerprint density at radius 3 is 1.90 bits per heavy atom. The highest BCUT2D eigenvalue weighted by molar-refractivity contribution is 5.94. The molecule has 5 N–H and O–H groups in total. The third kappa shape index (κ3) is 9.09. The van der Waals surface area contributed by atoms with Crippen LogP contribution in [0.25, 0.3) is 12.2 Å². The second-order valence-corrected chi connectivity index (χ2v) is 10.8. The summed E-state index contributed by atoms with van der Waals surface area (Å²) in [6.07, 6.45) is 6.04. The smallest absolute Gasteiger partial charge is 0.251 e. The van der Waals surface area contributed by atoms with E-state index in [2.05, 4.69) is 50.5 Å². The zero-order valence-corrected chi connectivity index (χ0v) is 24.2. The molecule has 6 heteroatoms. The summed E-state index contributed by atoms with van der Waals surface area (Å²) in [5, 5.41) is 16.4. The molecule has 0 aliphatic carbocycles. The first-order chi connectivity index (χ1) is 19.2. The Morgan fingerprint density at radius 2 is 1.38 bits per heavy atom. The highest BCUT2D eigenvalue weighted by Crippen LogP contribution is 2.35. The summed E-state index contributed by atoms with van der Waals surface area (Å²) < 4.78 is 0. The van der Waals surface area contributed by atoms with Crippen molar-refractivity contribution < 1.29 is 14.7 Å². The number of carbonyl (C=O) groups excluding carboxylic acids is 2. The molecule has 0 aromatic heterocycles. The minimum Gasteiger partial charge on any atom is -0.507 e. The average molecular weight is 542 g/mol. The molecule has 0 saturated carbocycles. The van der Waals surface area contributed by atoms with Gasteiger partial charge in [0.2, 0.25) is 5.91 Å². The van der Waals surface area contributed by atoms with E-state index in [4.69, 9.17) is 5.73 Å². The maximum absolute atomic E-state index is 12.5. The molecule has 3 rings (SSSR count). The van der Waals surface area contributed by atoms with Crippen LogP contribution in [0.2, 0.25) is 0 Å². The van der Waals surface area contributed by atoms with Gasteiger partial charge in [-0.3, -0.25) is 9.59 Å². The predicted octanol–water partition coefficient (Wildman–Crippen LogP) is 6.14. The number of phenolic OH excluding ortho intramolecular Hbond substituents is 1. The van der Waals surface area contributed by atoms with Gasteiger partial charge in [-0.1, -0.05) is 88.4 Å². The molecule has 6 nitrogen and oxygen atoms in total. The number of aryl methyl sites for hydroxylation is 1. The first kappa shape index (κ1) is 30.6. The van der Waals surface area contributed by atoms with Gasteiger partial charge in [0.05, 0.1) is 0 Å². The van der Waals surface area contributed by atoms with E-state index in [1.165, 1.54) is 5.56 Å². The molecule has 0 saturated heterocycles. The van der Waals surface area contributed by atoms with Crippen LogP contribution in [0, 0.1) is 0 Å². The highest BCUT2D eigenvalue weighted by Gasteiger charge is 2.15. The van der Waals surface area contributed by atoms with Crippen LogP contribution in [0.15, 0.2) is 60.7 Å². The number of hydrogen-bond acceptors (Lipinski definition) is 4. The van der Waals surface area contributed by atoms with E-state index in [0.29, 0.717) is 37.4 Å². The molecule has 0 spiro atoms. The lowest BCUT2D eigenvalue weighted by Gasteiger charge is -2.17. The minimum atomic E-state index is -0.124. The van der Waals surface area contributed by atoms with Gasteiger partial charge >= 0.3 is 0 Å². The van der Waals surface area contributed by atoms with Crippen molar-refractivity contribution in [2.24, 2.45) is 5.73 Å². The fourth-order valence-corrected chi connectivity index (χ4v) is 4.48. The van der Waals surface area contributed by atoms with Crippen LogP contribution in [0.1, 0.15) is 96.1 Å². The van der Waals surface area contributed by atoms with Gasteiger partial charge in [0.15, 0.2) is 0 Å². The number of benzene rings is 3. The van der Waals surface area contributed by atoms with Crippen LogP contribution in [0.4, 0.5) is 0 Å². The molecule has 0 radical (unpaired) electrons. The molecular formula is C34H43N3O3. The van der Waals surface area contributed by atoms with Gasteiger partial charge in [0, 0.05) is 31.6 Å². The van der Waals surface area contributed by atoms with Crippen molar-refractivity contribution in [3.05, 3.63) is 99.6 Å². The van der Waals surface area contributed by atoms with E-state index in [0.717, 1.165) is 40.7 Å². The Kier molecular flexibility index (Phi) is 11.5. The molecule has 0 unspecified atom stereocenters. The zero-order chi connectivity index (χ0) is 29.1. The molecule has 3 aromatic carbocycles.